The Morgan fingerprint density at radius 3 is 2.67 bits per heavy atom. The highest BCUT2D eigenvalue weighted by Crippen LogP contribution is 2.26. The van der Waals surface area contributed by atoms with Crippen LogP contribution in [0.2, 0.25) is 0 Å². The molecule has 3 rings (SSSR count). The minimum Gasteiger partial charge on any atom is -0.436 e. The number of aromatic nitrogens is 2. The first kappa shape index (κ1) is 13.1. The van der Waals surface area contributed by atoms with E-state index in [1.807, 2.05) is 30.3 Å². The number of carbonyl (C=O) groups is 1. The van der Waals surface area contributed by atoms with Gasteiger partial charge in [-0.3, -0.25) is 4.79 Å². The lowest BCUT2D eigenvalue weighted by Gasteiger charge is -2.02. The maximum absolute atomic E-state index is 11.1. The standard InChI is InChI=1S/C16H13N3O2/c1-11(20)19-15-9-13(7-8-17-15)16-18-10-14(21-16)12-5-3-2-4-6-12/h2-10H,1H3,(H,17,19,20). The van der Waals surface area contributed by atoms with Crippen molar-refractivity contribution in [3.8, 4) is 22.8 Å². The van der Waals surface area contributed by atoms with Gasteiger partial charge in [0, 0.05) is 24.2 Å². The summed E-state index contributed by atoms with van der Waals surface area (Å²) in [5.41, 5.74) is 1.73. The van der Waals surface area contributed by atoms with E-state index in [0.717, 1.165) is 11.1 Å². The maximum atomic E-state index is 11.1. The van der Waals surface area contributed by atoms with E-state index in [0.29, 0.717) is 17.5 Å². The number of nitrogens with one attached hydrogen (secondary N) is 1. The molecule has 5 nitrogen and oxygen atoms in total. The highest BCUT2D eigenvalue weighted by atomic mass is 16.4. The van der Waals surface area contributed by atoms with Gasteiger partial charge in [-0.1, -0.05) is 30.3 Å². The Labute approximate surface area is 121 Å². The van der Waals surface area contributed by atoms with Crippen LogP contribution in [0.5, 0.6) is 0 Å². The second kappa shape index (κ2) is 5.58. The average Bonchev–Trinajstić information content (AvgIpc) is 2.98. The molecule has 0 radical (unpaired) electrons. The van der Waals surface area contributed by atoms with Gasteiger partial charge in [0.15, 0.2) is 5.76 Å². The van der Waals surface area contributed by atoms with Gasteiger partial charge in [-0.2, -0.15) is 0 Å². The van der Waals surface area contributed by atoms with Gasteiger partial charge in [0.2, 0.25) is 11.8 Å². The molecule has 1 N–H and O–H groups in total. The number of nitrogens with zero attached hydrogens (tertiary/aromatic N) is 2. The SMILES string of the molecule is CC(=O)Nc1cc(-c2ncc(-c3ccccc3)o2)ccn1. The van der Waals surface area contributed by atoms with Crippen molar-refractivity contribution in [2.45, 2.75) is 6.92 Å². The van der Waals surface area contributed by atoms with Crippen LogP contribution in [-0.2, 0) is 4.79 Å². The number of pyridine rings is 1. The first-order valence-electron chi connectivity index (χ1n) is 6.47. The molecule has 2 heterocycles. The first-order chi connectivity index (χ1) is 10.2. The smallest absolute Gasteiger partial charge is 0.226 e. The third-order valence-corrected chi connectivity index (χ3v) is 2.87. The normalized spacial score (nSPS) is 10.3. The average molecular weight is 279 g/mol. The van der Waals surface area contributed by atoms with Crippen LogP contribution in [0.3, 0.4) is 0 Å². The van der Waals surface area contributed by atoms with Crippen LogP contribution in [-0.4, -0.2) is 15.9 Å². The molecule has 2 aromatic heterocycles. The van der Waals surface area contributed by atoms with E-state index in [9.17, 15) is 4.79 Å². The number of anilines is 1. The van der Waals surface area contributed by atoms with Crippen molar-refractivity contribution in [3.63, 3.8) is 0 Å². The second-order valence-corrected chi connectivity index (χ2v) is 4.51. The minimum atomic E-state index is -0.169. The van der Waals surface area contributed by atoms with Crippen molar-refractivity contribution >= 4 is 11.7 Å². The van der Waals surface area contributed by atoms with Gasteiger partial charge in [-0.15, -0.1) is 0 Å². The topological polar surface area (TPSA) is 68.0 Å². The summed E-state index contributed by atoms with van der Waals surface area (Å²) in [6.07, 6.45) is 3.29. The van der Waals surface area contributed by atoms with Crippen LogP contribution in [0.4, 0.5) is 5.82 Å². The zero-order valence-corrected chi connectivity index (χ0v) is 11.4. The van der Waals surface area contributed by atoms with Crippen LogP contribution in [0.1, 0.15) is 6.92 Å². The number of hydrogen-bond donors (Lipinski definition) is 1. The zero-order valence-electron chi connectivity index (χ0n) is 11.4. The summed E-state index contributed by atoms with van der Waals surface area (Å²) in [4.78, 5) is 19.4. The van der Waals surface area contributed by atoms with Gasteiger partial charge < -0.3 is 9.73 Å². The van der Waals surface area contributed by atoms with Crippen molar-refractivity contribution in [1.82, 2.24) is 9.97 Å². The third-order valence-electron chi connectivity index (χ3n) is 2.87. The van der Waals surface area contributed by atoms with Gasteiger partial charge in [0.25, 0.3) is 0 Å². The van der Waals surface area contributed by atoms with E-state index in [1.165, 1.54) is 6.92 Å². The minimum absolute atomic E-state index is 0.169. The molecule has 21 heavy (non-hydrogen) atoms. The molecule has 0 spiro atoms. The molecule has 0 saturated heterocycles. The summed E-state index contributed by atoms with van der Waals surface area (Å²) >= 11 is 0. The molecule has 0 saturated carbocycles. The Balaban J connectivity index is 1.91. The van der Waals surface area contributed by atoms with E-state index < -0.39 is 0 Å². The number of rotatable bonds is 3. The Bertz CT molecular complexity index is 766. The summed E-state index contributed by atoms with van der Waals surface area (Å²) in [6.45, 7) is 1.44. The van der Waals surface area contributed by atoms with Crippen LogP contribution in [0.25, 0.3) is 22.8 Å². The zero-order chi connectivity index (χ0) is 14.7. The summed E-state index contributed by atoms with van der Waals surface area (Å²) < 4.78 is 5.76. The van der Waals surface area contributed by atoms with E-state index in [4.69, 9.17) is 4.42 Å². The lowest BCUT2D eigenvalue weighted by Crippen LogP contribution is -2.07. The number of hydrogen-bond acceptors (Lipinski definition) is 4. The van der Waals surface area contributed by atoms with Crippen LogP contribution >= 0.6 is 0 Å². The van der Waals surface area contributed by atoms with Crippen LogP contribution < -0.4 is 5.32 Å². The predicted octanol–water partition coefficient (Wildman–Crippen LogP) is 3.36. The van der Waals surface area contributed by atoms with E-state index >= 15 is 0 Å². The van der Waals surface area contributed by atoms with Crippen molar-refractivity contribution in [3.05, 3.63) is 54.9 Å². The molecule has 0 fully saturated rings. The molecule has 0 aliphatic carbocycles. The van der Waals surface area contributed by atoms with Crippen molar-refractivity contribution in [1.29, 1.82) is 0 Å². The maximum Gasteiger partial charge on any atom is 0.226 e. The Hall–Kier alpha value is -2.95. The molecule has 0 aliphatic heterocycles. The van der Waals surface area contributed by atoms with Crippen molar-refractivity contribution in [2.75, 3.05) is 5.32 Å². The molecule has 1 amide bonds. The summed E-state index contributed by atoms with van der Waals surface area (Å²) in [6, 6.07) is 13.3. The number of benzene rings is 1. The van der Waals surface area contributed by atoms with Gasteiger partial charge in [0.1, 0.15) is 5.82 Å². The lowest BCUT2D eigenvalue weighted by atomic mass is 10.2. The summed E-state index contributed by atoms with van der Waals surface area (Å²) in [5.74, 6) is 1.49. The molecule has 0 atom stereocenters. The highest BCUT2D eigenvalue weighted by molar-refractivity contribution is 5.88. The third kappa shape index (κ3) is 2.97. The number of carbonyl (C=O) groups excluding carboxylic acids is 1. The lowest BCUT2D eigenvalue weighted by molar-refractivity contribution is -0.114. The molecular weight excluding hydrogens is 266 g/mol. The van der Waals surface area contributed by atoms with E-state index in [-0.39, 0.29) is 5.91 Å². The fourth-order valence-corrected chi connectivity index (χ4v) is 1.96. The van der Waals surface area contributed by atoms with E-state index in [2.05, 4.69) is 15.3 Å². The molecule has 0 unspecified atom stereocenters. The quantitative estimate of drug-likeness (QED) is 0.798. The van der Waals surface area contributed by atoms with Crippen molar-refractivity contribution < 1.29 is 9.21 Å². The highest BCUT2D eigenvalue weighted by Gasteiger charge is 2.09. The Morgan fingerprint density at radius 1 is 1.10 bits per heavy atom. The second-order valence-electron chi connectivity index (χ2n) is 4.51. The number of oxazole rings is 1. The van der Waals surface area contributed by atoms with Crippen LogP contribution in [0, 0.1) is 0 Å². The fourth-order valence-electron chi connectivity index (χ4n) is 1.96. The number of amides is 1. The molecule has 5 heteroatoms. The van der Waals surface area contributed by atoms with Gasteiger partial charge in [0.05, 0.1) is 6.20 Å². The van der Waals surface area contributed by atoms with Gasteiger partial charge in [-0.05, 0) is 12.1 Å². The molecule has 0 aliphatic rings. The van der Waals surface area contributed by atoms with Crippen molar-refractivity contribution in [2.24, 2.45) is 0 Å². The molecule has 1 aromatic carbocycles. The molecule has 3 aromatic rings. The largest absolute Gasteiger partial charge is 0.436 e. The monoisotopic (exact) mass is 279 g/mol. The van der Waals surface area contributed by atoms with Gasteiger partial charge in [-0.25, -0.2) is 9.97 Å². The van der Waals surface area contributed by atoms with Crippen LogP contribution in [0.15, 0.2) is 59.3 Å². The molecule has 104 valence electrons. The van der Waals surface area contributed by atoms with Gasteiger partial charge >= 0.3 is 0 Å². The molecule has 0 bridgehead atoms. The Morgan fingerprint density at radius 2 is 1.90 bits per heavy atom. The summed E-state index contributed by atoms with van der Waals surface area (Å²) in [7, 11) is 0. The first-order valence-corrected chi connectivity index (χ1v) is 6.47. The predicted molar refractivity (Wildman–Crippen MR) is 79.5 cm³/mol. The van der Waals surface area contributed by atoms with E-state index in [1.54, 1.807) is 24.5 Å². The summed E-state index contributed by atoms with van der Waals surface area (Å²) in [5, 5.41) is 2.63. The molecular formula is C16H13N3O2. The fraction of sp³-hybridized carbons (Fsp3) is 0.0625. The Kier molecular flexibility index (Phi) is 3.47.